The van der Waals surface area contributed by atoms with Crippen LogP contribution in [-0.4, -0.2) is 63.2 Å². The van der Waals surface area contributed by atoms with E-state index in [-0.39, 0.29) is 33.2 Å². The van der Waals surface area contributed by atoms with Crippen molar-refractivity contribution in [3.8, 4) is 0 Å². The summed E-state index contributed by atoms with van der Waals surface area (Å²) in [4.78, 5) is 14.4. The van der Waals surface area contributed by atoms with Gasteiger partial charge in [0.15, 0.2) is 20.6 Å². The molecule has 160 valence electrons. The first-order valence-electron chi connectivity index (χ1n) is 8.72. The van der Waals surface area contributed by atoms with Gasteiger partial charge in [-0.2, -0.15) is 13.2 Å². The number of thioether (sulfide) groups is 1. The molecule has 0 spiro atoms. The third-order valence-electron chi connectivity index (χ3n) is 4.66. The second-order valence-corrected chi connectivity index (χ2v) is 10.6. The fourth-order valence-corrected chi connectivity index (χ4v) is 6.10. The summed E-state index contributed by atoms with van der Waals surface area (Å²) in [6, 6.07) is 0.371. The highest BCUT2D eigenvalue weighted by Gasteiger charge is 2.36. The smallest absolute Gasteiger partial charge is 0.338 e. The van der Waals surface area contributed by atoms with Crippen molar-refractivity contribution in [1.29, 1.82) is 0 Å². The summed E-state index contributed by atoms with van der Waals surface area (Å²) in [5, 5.41) is 6.84. The fourth-order valence-electron chi connectivity index (χ4n) is 3.23. The Morgan fingerprint density at radius 3 is 2.69 bits per heavy atom. The molecular formula is C16H18ClF3N4O3S2. The Bertz CT molecular complexity index is 1040. The van der Waals surface area contributed by atoms with Gasteiger partial charge in [-0.15, -0.1) is 10.2 Å². The van der Waals surface area contributed by atoms with Gasteiger partial charge in [0.2, 0.25) is 5.91 Å². The molecule has 13 heteroatoms. The minimum Gasteiger partial charge on any atom is -0.338 e. The maximum Gasteiger partial charge on any atom is 0.417 e. The van der Waals surface area contributed by atoms with E-state index in [9.17, 15) is 26.4 Å². The Hall–Kier alpha value is -1.53. The molecule has 0 N–H and O–H groups in total. The number of nitrogens with zero attached hydrogens (tertiary/aromatic N) is 4. The zero-order valence-corrected chi connectivity index (χ0v) is 17.9. The number of pyridine rings is 1. The SMILES string of the molecule is CCN(C(=O)C(C)Sc1nnc2c(Cl)cc(C(F)(F)F)cn12)C1CCS(=O)(=O)C1. The zero-order valence-electron chi connectivity index (χ0n) is 15.5. The molecule has 7 nitrogen and oxygen atoms in total. The third kappa shape index (κ3) is 4.64. The lowest BCUT2D eigenvalue weighted by molar-refractivity contribution is -0.138. The number of aromatic nitrogens is 3. The summed E-state index contributed by atoms with van der Waals surface area (Å²) in [5.74, 6) is -0.353. The first kappa shape index (κ1) is 22.2. The summed E-state index contributed by atoms with van der Waals surface area (Å²) in [6.07, 6.45) is -3.39. The van der Waals surface area contributed by atoms with Crippen molar-refractivity contribution in [2.45, 2.75) is 42.9 Å². The van der Waals surface area contributed by atoms with Gasteiger partial charge in [-0.25, -0.2) is 8.42 Å². The third-order valence-corrected chi connectivity index (χ3v) is 7.73. The predicted octanol–water partition coefficient (Wildman–Crippen LogP) is 2.92. The lowest BCUT2D eigenvalue weighted by Gasteiger charge is -2.29. The molecule has 0 aromatic carbocycles. The van der Waals surface area contributed by atoms with Crippen LogP contribution in [0, 0.1) is 0 Å². The molecule has 1 aliphatic rings. The Morgan fingerprint density at radius 2 is 2.14 bits per heavy atom. The van der Waals surface area contributed by atoms with Crippen LogP contribution in [0.15, 0.2) is 17.4 Å². The molecule has 1 fully saturated rings. The molecule has 2 atom stereocenters. The average molecular weight is 471 g/mol. The molecule has 3 rings (SSSR count). The molecule has 2 unspecified atom stereocenters. The Morgan fingerprint density at radius 1 is 1.45 bits per heavy atom. The highest BCUT2D eigenvalue weighted by Crippen LogP contribution is 2.34. The number of carbonyl (C=O) groups excluding carboxylic acids is 1. The molecule has 3 heterocycles. The average Bonchev–Trinajstić information content (AvgIpc) is 3.18. The van der Waals surface area contributed by atoms with Crippen LogP contribution in [0.5, 0.6) is 0 Å². The van der Waals surface area contributed by atoms with E-state index in [2.05, 4.69) is 10.2 Å². The maximum absolute atomic E-state index is 13.1. The Labute approximate surface area is 174 Å². The highest BCUT2D eigenvalue weighted by atomic mass is 35.5. The van der Waals surface area contributed by atoms with Crippen molar-refractivity contribution >= 4 is 44.8 Å². The number of halogens is 4. The minimum absolute atomic E-state index is 0.0382. The molecule has 29 heavy (non-hydrogen) atoms. The number of rotatable bonds is 5. The molecule has 2 aromatic rings. The van der Waals surface area contributed by atoms with E-state index in [1.165, 1.54) is 4.90 Å². The number of amides is 1. The number of alkyl halides is 3. The molecule has 2 aromatic heterocycles. The van der Waals surface area contributed by atoms with Gasteiger partial charge in [0.1, 0.15) is 0 Å². The van der Waals surface area contributed by atoms with E-state index in [0.29, 0.717) is 13.0 Å². The van der Waals surface area contributed by atoms with Crippen LogP contribution < -0.4 is 0 Å². The van der Waals surface area contributed by atoms with Crippen LogP contribution in [0.3, 0.4) is 0 Å². The molecule has 0 aliphatic carbocycles. The largest absolute Gasteiger partial charge is 0.417 e. The second kappa shape index (κ2) is 7.95. The normalized spacial score (nSPS) is 20.1. The number of hydrogen-bond acceptors (Lipinski definition) is 6. The van der Waals surface area contributed by atoms with Gasteiger partial charge in [-0.3, -0.25) is 9.20 Å². The number of carbonyl (C=O) groups is 1. The number of sulfone groups is 1. The van der Waals surface area contributed by atoms with Crippen molar-refractivity contribution in [3.63, 3.8) is 0 Å². The van der Waals surface area contributed by atoms with Crippen LogP contribution in [-0.2, 0) is 20.8 Å². The number of fused-ring (bicyclic) bond motifs is 1. The van der Waals surface area contributed by atoms with Crippen molar-refractivity contribution in [1.82, 2.24) is 19.5 Å². The topological polar surface area (TPSA) is 84.6 Å². The maximum atomic E-state index is 13.1. The van der Waals surface area contributed by atoms with Crippen molar-refractivity contribution in [3.05, 3.63) is 22.8 Å². The van der Waals surface area contributed by atoms with Crippen LogP contribution in [0.25, 0.3) is 5.65 Å². The molecular weight excluding hydrogens is 453 g/mol. The molecule has 0 saturated carbocycles. The van der Waals surface area contributed by atoms with E-state index in [1.54, 1.807) is 13.8 Å². The summed E-state index contributed by atoms with van der Waals surface area (Å²) < 4.78 is 63.8. The first-order valence-corrected chi connectivity index (χ1v) is 11.8. The van der Waals surface area contributed by atoms with Gasteiger partial charge in [-0.05, 0) is 26.3 Å². The zero-order chi connectivity index (χ0) is 21.6. The molecule has 0 bridgehead atoms. The fraction of sp³-hybridized carbons (Fsp3) is 0.562. The summed E-state index contributed by atoms with van der Waals surface area (Å²) >= 11 is 6.84. The lowest BCUT2D eigenvalue weighted by Crippen LogP contribution is -2.44. The second-order valence-electron chi connectivity index (χ2n) is 6.69. The standard InChI is InChI=1S/C16H18ClF3N4O3S2/c1-3-23(11-4-5-29(26,27)8-11)14(25)9(2)28-15-22-21-13-12(17)6-10(7-24(13)15)16(18,19)20/h6-7,9,11H,3-5,8H2,1-2H3. The van der Waals surface area contributed by atoms with E-state index in [1.807, 2.05) is 0 Å². The molecule has 0 radical (unpaired) electrons. The summed E-state index contributed by atoms with van der Waals surface area (Å²) in [6.45, 7) is 3.67. The van der Waals surface area contributed by atoms with Crippen LogP contribution in [0.2, 0.25) is 5.02 Å². The van der Waals surface area contributed by atoms with Crippen LogP contribution in [0.4, 0.5) is 13.2 Å². The van der Waals surface area contributed by atoms with Crippen LogP contribution >= 0.6 is 23.4 Å². The molecule has 1 aliphatic heterocycles. The predicted molar refractivity (Wildman–Crippen MR) is 103 cm³/mol. The van der Waals surface area contributed by atoms with E-state index in [0.717, 1.165) is 28.4 Å². The number of hydrogen-bond donors (Lipinski definition) is 0. The first-order chi connectivity index (χ1) is 13.4. The minimum atomic E-state index is -4.60. The van der Waals surface area contributed by atoms with E-state index in [4.69, 9.17) is 11.6 Å². The molecule has 1 saturated heterocycles. The molecule has 1 amide bonds. The van der Waals surface area contributed by atoms with Gasteiger partial charge in [-0.1, -0.05) is 23.4 Å². The van der Waals surface area contributed by atoms with Gasteiger partial charge in [0, 0.05) is 18.8 Å². The van der Waals surface area contributed by atoms with Crippen LogP contribution in [0.1, 0.15) is 25.8 Å². The Balaban J connectivity index is 1.84. The van der Waals surface area contributed by atoms with Gasteiger partial charge < -0.3 is 4.90 Å². The lowest BCUT2D eigenvalue weighted by atomic mass is 10.2. The highest BCUT2D eigenvalue weighted by molar-refractivity contribution is 8.00. The monoisotopic (exact) mass is 470 g/mol. The quantitative estimate of drug-likeness (QED) is 0.625. The Kier molecular flexibility index (Phi) is 6.08. The van der Waals surface area contributed by atoms with Crippen molar-refractivity contribution in [2.75, 3.05) is 18.1 Å². The summed E-state index contributed by atoms with van der Waals surface area (Å²) in [7, 11) is -3.16. The van der Waals surface area contributed by atoms with Gasteiger partial charge in [0.25, 0.3) is 0 Å². The van der Waals surface area contributed by atoms with Crippen molar-refractivity contribution in [2.24, 2.45) is 0 Å². The van der Waals surface area contributed by atoms with Crippen molar-refractivity contribution < 1.29 is 26.4 Å². The van der Waals surface area contributed by atoms with Gasteiger partial charge in [0.05, 0.1) is 27.3 Å². The van der Waals surface area contributed by atoms with E-state index >= 15 is 0 Å². The van der Waals surface area contributed by atoms with Gasteiger partial charge >= 0.3 is 6.18 Å². The summed E-state index contributed by atoms with van der Waals surface area (Å²) in [5.41, 5.74) is -0.905. The van der Waals surface area contributed by atoms with E-state index < -0.39 is 32.9 Å².